The van der Waals surface area contributed by atoms with Gasteiger partial charge in [0.2, 0.25) is 11.9 Å². The van der Waals surface area contributed by atoms with Crippen LogP contribution in [-0.2, 0) is 23.2 Å². The van der Waals surface area contributed by atoms with Gasteiger partial charge in [-0.3, -0.25) is 28.5 Å². The number of hydrogen-bond donors (Lipinski definition) is 1. The number of carbonyl (C=O) groups is 2. The molecule has 0 radical (unpaired) electrons. The fraction of sp³-hybridized carbons (Fsp3) is 0.400. The third-order valence-corrected chi connectivity index (χ3v) is 7.32. The summed E-state index contributed by atoms with van der Waals surface area (Å²) in [4.78, 5) is 74.5. The van der Waals surface area contributed by atoms with E-state index in [2.05, 4.69) is 35.1 Å². The van der Waals surface area contributed by atoms with Crippen molar-refractivity contribution in [1.82, 2.24) is 38.6 Å². The molecular formula is C25H26N10O4. The SMILES string of the molecule is CC(=O)Cn1c(=O)c2c(ncn2[C@@H](C)C(=O)Nc2cncc(-c3cnc(N4CC5CC5C4)nc3)n2)n(C)c1=O. The zero-order chi connectivity index (χ0) is 27.4. The van der Waals surface area contributed by atoms with Gasteiger partial charge >= 0.3 is 5.69 Å². The van der Waals surface area contributed by atoms with E-state index in [-0.39, 0.29) is 29.3 Å². The quantitative estimate of drug-likeness (QED) is 0.354. The minimum atomic E-state index is -0.897. The number of hydrogen-bond acceptors (Lipinski definition) is 10. The Kier molecular flexibility index (Phi) is 5.81. The second-order valence-electron chi connectivity index (χ2n) is 10.1. The van der Waals surface area contributed by atoms with Gasteiger partial charge in [0.1, 0.15) is 11.8 Å². The van der Waals surface area contributed by atoms with Crippen molar-refractivity contribution in [3.63, 3.8) is 0 Å². The molecule has 5 heterocycles. The van der Waals surface area contributed by atoms with Crippen molar-refractivity contribution in [3.05, 3.63) is 52.0 Å². The van der Waals surface area contributed by atoms with E-state index in [9.17, 15) is 19.2 Å². The fourth-order valence-electron chi connectivity index (χ4n) is 5.05. The molecule has 2 aliphatic rings. The third kappa shape index (κ3) is 4.36. The van der Waals surface area contributed by atoms with E-state index in [1.807, 2.05) is 0 Å². The van der Waals surface area contributed by atoms with Gasteiger partial charge in [-0.2, -0.15) is 0 Å². The molecule has 4 aromatic heterocycles. The van der Waals surface area contributed by atoms with Gasteiger partial charge in [-0.1, -0.05) is 0 Å². The molecular weight excluding hydrogens is 504 g/mol. The van der Waals surface area contributed by atoms with Crippen molar-refractivity contribution in [2.24, 2.45) is 18.9 Å². The number of anilines is 2. The van der Waals surface area contributed by atoms with E-state index in [1.165, 1.54) is 42.1 Å². The summed E-state index contributed by atoms with van der Waals surface area (Å²) in [5.41, 5.74) is -0.0596. The lowest BCUT2D eigenvalue weighted by molar-refractivity contribution is -0.119. The summed E-state index contributed by atoms with van der Waals surface area (Å²) in [5, 5.41) is 2.72. The molecule has 200 valence electrons. The minimum absolute atomic E-state index is 0.0355. The molecule has 0 aromatic carbocycles. The number of ketones is 1. The second-order valence-corrected chi connectivity index (χ2v) is 10.1. The highest BCUT2D eigenvalue weighted by molar-refractivity contribution is 5.93. The third-order valence-electron chi connectivity index (χ3n) is 7.32. The van der Waals surface area contributed by atoms with Gasteiger partial charge in [0.05, 0.1) is 31.0 Å². The number of nitrogens with zero attached hydrogens (tertiary/aromatic N) is 9. The van der Waals surface area contributed by atoms with Gasteiger partial charge in [-0.25, -0.2) is 24.7 Å². The first kappa shape index (κ1) is 24.6. The van der Waals surface area contributed by atoms with Crippen LogP contribution in [0.15, 0.2) is 40.7 Å². The number of fused-ring (bicyclic) bond motifs is 2. The van der Waals surface area contributed by atoms with Crippen molar-refractivity contribution in [3.8, 4) is 11.3 Å². The molecule has 1 saturated heterocycles. The predicted molar refractivity (Wildman–Crippen MR) is 140 cm³/mol. The van der Waals surface area contributed by atoms with Crippen LogP contribution in [0, 0.1) is 11.8 Å². The van der Waals surface area contributed by atoms with E-state index in [4.69, 9.17) is 0 Å². The summed E-state index contributed by atoms with van der Waals surface area (Å²) in [6.07, 6.45) is 8.98. The molecule has 2 unspecified atom stereocenters. The maximum Gasteiger partial charge on any atom is 0.332 e. The number of amides is 1. The van der Waals surface area contributed by atoms with E-state index in [1.54, 1.807) is 25.5 Å². The molecule has 4 aromatic rings. The molecule has 2 fully saturated rings. The van der Waals surface area contributed by atoms with Crippen LogP contribution in [0.1, 0.15) is 26.3 Å². The van der Waals surface area contributed by atoms with Gasteiger partial charge in [0.25, 0.3) is 5.56 Å². The molecule has 1 amide bonds. The Hall–Kier alpha value is -4.75. The first-order valence-electron chi connectivity index (χ1n) is 12.6. The van der Waals surface area contributed by atoms with Crippen molar-refractivity contribution in [2.75, 3.05) is 23.3 Å². The van der Waals surface area contributed by atoms with Crippen molar-refractivity contribution in [2.45, 2.75) is 32.9 Å². The Morgan fingerprint density at radius 3 is 2.49 bits per heavy atom. The normalized spacial score (nSPS) is 18.7. The predicted octanol–water partition coefficient (Wildman–Crippen LogP) is 0.389. The number of nitrogens with one attached hydrogen (secondary N) is 1. The summed E-state index contributed by atoms with van der Waals surface area (Å²) < 4.78 is 3.38. The number of Topliss-reactive ketones (excluding diaryl/α,β-unsaturated/α-hetero) is 1. The fourth-order valence-corrected chi connectivity index (χ4v) is 5.05. The highest BCUT2D eigenvalue weighted by Crippen LogP contribution is 2.45. The summed E-state index contributed by atoms with van der Waals surface area (Å²) >= 11 is 0. The van der Waals surface area contributed by atoms with Crippen molar-refractivity contribution >= 4 is 34.6 Å². The molecule has 39 heavy (non-hydrogen) atoms. The van der Waals surface area contributed by atoms with Crippen molar-refractivity contribution in [1.29, 1.82) is 0 Å². The summed E-state index contributed by atoms with van der Waals surface area (Å²) in [5.74, 6) is 1.62. The highest BCUT2D eigenvalue weighted by Gasteiger charge is 2.45. The highest BCUT2D eigenvalue weighted by atomic mass is 16.2. The van der Waals surface area contributed by atoms with Crippen LogP contribution in [-0.4, -0.2) is 63.4 Å². The standard InChI is InChI=1S/C25H26N10O4/c1-13(36)9-34-23(38)20-21(32(3)25(34)39)29-12-35(20)14(2)22(37)31-19-8-26-7-18(30-19)17-5-27-24(28-6-17)33-10-15-4-16(15)11-33/h5-8,12,14-16H,4,9-11H2,1-3H3,(H,30,31,37)/t14-,15?,16?/m0/s1. The van der Waals surface area contributed by atoms with Crippen molar-refractivity contribution < 1.29 is 9.59 Å². The lowest BCUT2D eigenvalue weighted by Crippen LogP contribution is -2.41. The van der Waals surface area contributed by atoms with Gasteiger partial charge in [-0.15, -0.1) is 0 Å². The second kappa shape index (κ2) is 9.22. The minimum Gasteiger partial charge on any atom is -0.340 e. The molecule has 1 aliphatic heterocycles. The average molecular weight is 531 g/mol. The zero-order valence-electron chi connectivity index (χ0n) is 21.6. The molecule has 6 rings (SSSR count). The molecule has 0 spiro atoms. The van der Waals surface area contributed by atoms with E-state index < -0.39 is 23.2 Å². The first-order chi connectivity index (χ1) is 18.7. The Balaban J connectivity index is 1.23. The van der Waals surface area contributed by atoms with Crippen LogP contribution >= 0.6 is 0 Å². The van der Waals surface area contributed by atoms with Crippen LogP contribution in [0.3, 0.4) is 0 Å². The smallest absolute Gasteiger partial charge is 0.332 e. The van der Waals surface area contributed by atoms with E-state index in [0.29, 0.717) is 17.2 Å². The van der Waals surface area contributed by atoms with Crippen LogP contribution in [0.4, 0.5) is 11.8 Å². The van der Waals surface area contributed by atoms with Crippen LogP contribution in [0.25, 0.3) is 22.4 Å². The lowest BCUT2D eigenvalue weighted by atomic mass is 10.2. The zero-order valence-corrected chi connectivity index (χ0v) is 21.6. The Morgan fingerprint density at radius 2 is 1.79 bits per heavy atom. The number of carbonyl (C=O) groups excluding carboxylic acids is 2. The lowest BCUT2D eigenvalue weighted by Gasteiger charge is -2.17. The maximum atomic E-state index is 13.2. The van der Waals surface area contributed by atoms with E-state index >= 15 is 0 Å². The molecule has 3 atom stereocenters. The van der Waals surface area contributed by atoms with Gasteiger partial charge in [-0.05, 0) is 32.1 Å². The topological polar surface area (TPSA) is 163 Å². The van der Waals surface area contributed by atoms with Crippen LogP contribution < -0.4 is 21.5 Å². The van der Waals surface area contributed by atoms with Crippen LogP contribution in [0.5, 0.6) is 0 Å². The molecule has 1 N–H and O–H groups in total. The van der Waals surface area contributed by atoms with Crippen LogP contribution in [0.2, 0.25) is 0 Å². The average Bonchev–Trinajstić information content (AvgIpc) is 3.31. The van der Waals surface area contributed by atoms with Gasteiger partial charge < -0.3 is 14.8 Å². The van der Waals surface area contributed by atoms with Gasteiger partial charge in [0, 0.05) is 38.1 Å². The molecule has 1 aliphatic carbocycles. The Bertz CT molecular complexity index is 1730. The molecule has 14 nitrogen and oxygen atoms in total. The molecule has 14 heteroatoms. The number of aryl methyl sites for hydroxylation is 1. The number of imidazole rings is 1. The summed E-state index contributed by atoms with van der Waals surface area (Å²) in [7, 11) is 1.45. The molecule has 0 bridgehead atoms. The van der Waals surface area contributed by atoms with Gasteiger partial charge in [0.15, 0.2) is 17.0 Å². The Morgan fingerprint density at radius 1 is 1.08 bits per heavy atom. The summed E-state index contributed by atoms with van der Waals surface area (Å²) in [6.45, 7) is 4.49. The maximum absolute atomic E-state index is 13.2. The number of piperidine rings is 1. The monoisotopic (exact) mass is 530 g/mol. The van der Waals surface area contributed by atoms with E-state index in [0.717, 1.165) is 29.5 Å². The summed E-state index contributed by atoms with van der Waals surface area (Å²) in [6, 6.07) is -0.897. The molecule has 1 saturated carbocycles. The number of aromatic nitrogens is 8. The first-order valence-corrected chi connectivity index (χ1v) is 12.6. The largest absolute Gasteiger partial charge is 0.340 e. The number of rotatable bonds is 7. The Labute approximate surface area is 221 Å².